The number of ether oxygens (including phenoxy) is 1. The number of carbonyl (C=O) groups is 1. The molecule has 1 aromatic carbocycles. The molecule has 3 nitrogen and oxygen atoms in total. The van der Waals surface area contributed by atoms with E-state index in [0.29, 0.717) is 12.4 Å². The second kappa shape index (κ2) is 6.15. The van der Waals surface area contributed by atoms with Gasteiger partial charge in [0.25, 0.3) is 0 Å². The van der Waals surface area contributed by atoms with Crippen LogP contribution < -0.4 is 4.74 Å². The first-order valence-electron chi connectivity index (χ1n) is 6.33. The molecule has 0 bridgehead atoms. The Morgan fingerprint density at radius 3 is 2.89 bits per heavy atom. The number of aryl methyl sites for hydroxylation is 1. The fraction of sp³-hybridized carbons (Fsp3) is 0.400. The molecule has 0 saturated heterocycles. The van der Waals surface area contributed by atoms with E-state index in [2.05, 4.69) is 13.0 Å². The molecule has 1 amide bonds. The number of hydrogen-bond donors (Lipinski definition) is 0. The van der Waals surface area contributed by atoms with Gasteiger partial charge in [-0.15, -0.1) is 11.8 Å². The SMILES string of the molecule is CSCOc1ccc(C2=CCCC(=O)N2C)c(C)c1. The van der Waals surface area contributed by atoms with Crippen LogP contribution in [0.4, 0.5) is 0 Å². The average Bonchev–Trinajstić information content (AvgIpc) is 2.40. The van der Waals surface area contributed by atoms with Crippen molar-refractivity contribution in [3.8, 4) is 5.75 Å². The van der Waals surface area contributed by atoms with Gasteiger partial charge in [-0.25, -0.2) is 0 Å². The van der Waals surface area contributed by atoms with E-state index in [-0.39, 0.29) is 5.91 Å². The Hall–Kier alpha value is -1.42. The van der Waals surface area contributed by atoms with Gasteiger partial charge >= 0.3 is 0 Å². The largest absolute Gasteiger partial charge is 0.483 e. The van der Waals surface area contributed by atoms with Crippen LogP contribution in [0.5, 0.6) is 5.75 Å². The van der Waals surface area contributed by atoms with E-state index in [1.807, 2.05) is 31.5 Å². The maximum Gasteiger partial charge on any atom is 0.227 e. The summed E-state index contributed by atoms with van der Waals surface area (Å²) in [5.41, 5.74) is 3.24. The lowest BCUT2D eigenvalue weighted by Gasteiger charge is -2.26. The molecule has 0 radical (unpaired) electrons. The normalized spacial score (nSPS) is 15.4. The van der Waals surface area contributed by atoms with Gasteiger partial charge in [0.05, 0.1) is 0 Å². The number of thioether (sulfide) groups is 1. The highest BCUT2D eigenvalue weighted by molar-refractivity contribution is 7.98. The fourth-order valence-corrected chi connectivity index (χ4v) is 2.46. The summed E-state index contributed by atoms with van der Waals surface area (Å²) in [6.45, 7) is 2.05. The summed E-state index contributed by atoms with van der Waals surface area (Å²) in [6, 6.07) is 6.03. The molecular weight excluding hydrogens is 258 g/mol. The standard InChI is InChI=1S/C15H19NO2S/c1-11-9-12(18-10-19-3)7-8-13(11)14-5-4-6-15(17)16(14)2/h5,7-9H,4,6,10H2,1-3H3. The molecule has 102 valence electrons. The van der Waals surface area contributed by atoms with E-state index >= 15 is 0 Å². The number of nitrogens with zero attached hydrogens (tertiary/aromatic N) is 1. The minimum absolute atomic E-state index is 0.180. The molecule has 1 heterocycles. The average molecular weight is 277 g/mol. The van der Waals surface area contributed by atoms with Crippen LogP contribution in [0.3, 0.4) is 0 Å². The van der Waals surface area contributed by atoms with Crippen molar-refractivity contribution in [3.63, 3.8) is 0 Å². The van der Waals surface area contributed by atoms with Gasteiger partial charge in [0.2, 0.25) is 5.91 Å². The van der Waals surface area contributed by atoms with Crippen molar-refractivity contribution in [3.05, 3.63) is 35.4 Å². The summed E-state index contributed by atoms with van der Waals surface area (Å²) < 4.78 is 5.59. The second-order valence-corrected chi connectivity index (χ2v) is 5.42. The van der Waals surface area contributed by atoms with Gasteiger partial charge < -0.3 is 9.64 Å². The van der Waals surface area contributed by atoms with Gasteiger partial charge in [0.1, 0.15) is 11.7 Å². The van der Waals surface area contributed by atoms with E-state index in [0.717, 1.165) is 29.0 Å². The number of hydrogen-bond acceptors (Lipinski definition) is 3. The molecule has 19 heavy (non-hydrogen) atoms. The van der Waals surface area contributed by atoms with Crippen LogP contribution in [-0.4, -0.2) is 30.0 Å². The first-order chi connectivity index (χ1) is 9.13. The molecule has 0 unspecified atom stereocenters. The Kier molecular flexibility index (Phi) is 4.53. The predicted octanol–water partition coefficient (Wildman–Crippen LogP) is 3.29. The van der Waals surface area contributed by atoms with E-state index < -0.39 is 0 Å². The Labute approximate surface area is 118 Å². The van der Waals surface area contributed by atoms with Crippen LogP contribution in [-0.2, 0) is 4.79 Å². The van der Waals surface area contributed by atoms with E-state index in [1.165, 1.54) is 0 Å². The van der Waals surface area contributed by atoms with Crippen molar-refractivity contribution < 1.29 is 9.53 Å². The summed E-state index contributed by atoms with van der Waals surface area (Å²) in [5, 5.41) is 0. The molecule has 1 aromatic rings. The first kappa shape index (κ1) is 14.0. The van der Waals surface area contributed by atoms with Crippen LogP contribution in [0.2, 0.25) is 0 Å². The Morgan fingerprint density at radius 2 is 2.21 bits per heavy atom. The number of benzene rings is 1. The van der Waals surface area contributed by atoms with Crippen LogP contribution in [0.1, 0.15) is 24.0 Å². The van der Waals surface area contributed by atoms with Crippen LogP contribution >= 0.6 is 11.8 Å². The fourth-order valence-electron chi connectivity index (χ4n) is 2.20. The lowest BCUT2D eigenvalue weighted by molar-refractivity contribution is -0.127. The highest BCUT2D eigenvalue weighted by Gasteiger charge is 2.20. The molecule has 0 spiro atoms. The number of rotatable bonds is 4. The molecular formula is C15H19NO2S. The molecule has 0 aromatic heterocycles. The van der Waals surface area contributed by atoms with Gasteiger partial charge in [0.15, 0.2) is 0 Å². The van der Waals surface area contributed by atoms with E-state index in [4.69, 9.17) is 4.74 Å². The molecule has 2 rings (SSSR count). The number of carbonyl (C=O) groups excluding carboxylic acids is 1. The zero-order chi connectivity index (χ0) is 13.8. The van der Waals surface area contributed by atoms with E-state index in [1.54, 1.807) is 16.7 Å². The van der Waals surface area contributed by atoms with Crippen molar-refractivity contribution in [2.24, 2.45) is 0 Å². The third kappa shape index (κ3) is 3.13. The van der Waals surface area contributed by atoms with Crippen molar-refractivity contribution in [2.45, 2.75) is 19.8 Å². The molecule has 0 fully saturated rings. The van der Waals surface area contributed by atoms with Crippen molar-refractivity contribution in [1.29, 1.82) is 0 Å². The van der Waals surface area contributed by atoms with Gasteiger partial charge in [-0.05, 0) is 43.4 Å². The molecule has 0 N–H and O–H groups in total. The predicted molar refractivity (Wildman–Crippen MR) is 80.2 cm³/mol. The summed E-state index contributed by atoms with van der Waals surface area (Å²) in [4.78, 5) is 13.5. The minimum Gasteiger partial charge on any atom is -0.483 e. The van der Waals surface area contributed by atoms with E-state index in [9.17, 15) is 4.79 Å². The summed E-state index contributed by atoms with van der Waals surface area (Å²) in [5.74, 6) is 1.71. The summed E-state index contributed by atoms with van der Waals surface area (Å²) >= 11 is 1.65. The van der Waals surface area contributed by atoms with Crippen molar-refractivity contribution >= 4 is 23.4 Å². The quantitative estimate of drug-likeness (QED) is 0.791. The maximum absolute atomic E-state index is 11.8. The van der Waals surface area contributed by atoms with Gasteiger partial charge in [0, 0.05) is 24.7 Å². The van der Waals surface area contributed by atoms with Crippen LogP contribution in [0, 0.1) is 6.92 Å². The Morgan fingerprint density at radius 1 is 1.42 bits per heavy atom. The molecule has 1 aliphatic heterocycles. The van der Waals surface area contributed by atoms with Gasteiger partial charge in [-0.2, -0.15) is 0 Å². The lowest BCUT2D eigenvalue weighted by Crippen LogP contribution is -2.27. The zero-order valence-electron chi connectivity index (χ0n) is 11.6. The maximum atomic E-state index is 11.8. The Bertz CT molecular complexity index is 511. The molecule has 0 atom stereocenters. The summed E-state index contributed by atoms with van der Waals surface area (Å²) in [6.07, 6.45) is 5.57. The molecule has 0 saturated carbocycles. The minimum atomic E-state index is 0.180. The first-order valence-corrected chi connectivity index (χ1v) is 7.72. The highest BCUT2D eigenvalue weighted by Crippen LogP contribution is 2.29. The summed E-state index contributed by atoms with van der Waals surface area (Å²) in [7, 11) is 1.84. The van der Waals surface area contributed by atoms with Gasteiger partial charge in [-0.1, -0.05) is 6.08 Å². The van der Waals surface area contributed by atoms with Crippen LogP contribution in [0.25, 0.3) is 5.70 Å². The third-order valence-corrected chi connectivity index (χ3v) is 3.60. The zero-order valence-corrected chi connectivity index (χ0v) is 12.4. The number of amides is 1. The van der Waals surface area contributed by atoms with Gasteiger partial charge in [-0.3, -0.25) is 4.79 Å². The monoisotopic (exact) mass is 277 g/mol. The molecule has 1 aliphatic rings. The smallest absolute Gasteiger partial charge is 0.227 e. The highest BCUT2D eigenvalue weighted by atomic mass is 32.2. The van der Waals surface area contributed by atoms with Crippen molar-refractivity contribution in [1.82, 2.24) is 4.90 Å². The third-order valence-electron chi connectivity index (χ3n) is 3.25. The molecule has 0 aliphatic carbocycles. The topological polar surface area (TPSA) is 29.5 Å². The molecule has 4 heteroatoms. The number of allylic oxidation sites excluding steroid dienone is 1. The lowest BCUT2D eigenvalue weighted by atomic mass is 10.0. The second-order valence-electron chi connectivity index (χ2n) is 4.61. The van der Waals surface area contributed by atoms with Crippen molar-refractivity contribution in [2.75, 3.05) is 19.2 Å². The van der Waals surface area contributed by atoms with Crippen LogP contribution in [0.15, 0.2) is 24.3 Å². The Balaban J connectivity index is 2.26.